The lowest BCUT2D eigenvalue weighted by Crippen LogP contribution is -2.12. The van der Waals surface area contributed by atoms with Crippen LogP contribution in [0, 0.1) is 13.8 Å². The molecule has 0 radical (unpaired) electrons. The third kappa shape index (κ3) is 4.29. The van der Waals surface area contributed by atoms with Gasteiger partial charge in [-0.2, -0.15) is 0 Å². The second kappa shape index (κ2) is 7.70. The van der Waals surface area contributed by atoms with Crippen LogP contribution >= 0.6 is 11.3 Å². The lowest BCUT2D eigenvalue weighted by Gasteiger charge is -2.09. The molecule has 0 aliphatic carbocycles. The molecule has 4 nitrogen and oxygen atoms in total. The standard InChI is InChI=1S/C21H22N2O2S/c1-13(2)25-18-9-7-16(8-10-18)20(24)23-21-22-19(12-26-21)17-6-5-14(3)15(4)11-17/h5-13H,1-4H3,(H,22,23,24). The average molecular weight is 366 g/mol. The largest absolute Gasteiger partial charge is 0.491 e. The number of aryl methyl sites for hydroxylation is 2. The summed E-state index contributed by atoms with van der Waals surface area (Å²) in [5, 5.41) is 5.41. The van der Waals surface area contributed by atoms with E-state index in [1.54, 1.807) is 24.3 Å². The van der Waals surface area contributed by atoms with Crippen molar-refractivity contribution in [2.75, 3.05) is 5.32 Å². The van der Waals surface area contributed by atoms with E-state index in [4.69, 9.17) is 4.74 Å². The minimum Gasteiger partial charge on any atom is -0.491 e. The molecule has 0 saturated heterocycles. The Kier molecular flexibility index (Phi) is 5.38. The van der Waals surface area contributed by atoms with E-state index in [1.165, 1.54) is 22.5 Å². The first-order chi connectivity index (χ1) is 12.4. The molecule has 2 aromatic carbocycles. The third-order valence-electron chi connectivity index (χ3n) is 4.02. The Balaban J connectivity index is 1.70. The van der Waals surface area contributed by atoms with Gasteiger partial charge in [-0.3, -0.25) is 10.1 Å². The summed E-state index contributed by atoms with van der Waals surface area (Å²) >= 11 is 1.42. The van der Waals surface area contributed by atoms with Gasteiger partial charge >= 0.3 is 0 Å². The maximum Gasteiger partial charge on any atom is 0.257 e. The Morgan fingerprint density at radius 3 is 2.46 bits per heavy atom. The maximum atomic E-state index is 12.4. The SMILES string of the molecule is Cc1ccc(-c2csc(NC(=O)c3ccc(OC(C)C)cc3)n2)cc1C. The van der Waals surface area contributed by atoms with Gasteiger partial charge in [-0.05, 0) is 69.2 Å². The van der Waals surface area contributed by atoms with E-state index in [0.717, 1.165) is 17.0 Å². The molecule has 134 valence electrons. The van der Waals surface area contributed by atoms with E-state index in [2.05, 4.69) is 42.3 Å². The van der Waals surface area contributed by atoms with Gasteiger partial charge in [-0.1, -0.05) is 12.1 Å². The molecule has 0 unspecified atom stereocenters. The zero-order valence-electron chi connectivity index (χ0n) is 15.4. The van der Waals surface area contributed by atoms with Crippen LogP contribution in [-0.2, 0) is 0 Å². The zero-order valence-corrected chi connectivity index (χ0v) is 16.2. The van der Waals surface area contributed by atoms with E-state index in [0.29, 0.717) is 10.7 Å². The van der Waals surface area contributed by atoms with E-state index >= 15 is 0 Å². The Bertz CT molecular complexity index is 914. The molecule has 0 aliphatic heterocycles. The van der Waals surface area contributed by atoms with Crippen LogP contribution in [-0.4, -0.2) is 17.0 Å². The van der Waals surface area contributed by atoms with E-state index in [1.807, 2.05) is 19.2 Å². The van der Waals surface area contributed by atoms with Crippen LogP contribution in [0.1, 0.15) is 35.3 Å². The predicted molar refractivity (Wildman–Crippen MR) is 107 cm³/mol. The molecule has 0 atom stereocenters. The summed E-state index contributed by atoms with van der Waals surface area (Å²) in [4.78, 5) is 16.9. The predicted octanol–water partition coefficient (Wildman–Crippen LogP) is 5.47. The number of ether oxygens (including phenoxy) is 1. The van der Waals surface area contributed by atoms with Crippen molar-refractivity contribution >= 4 is 22.4 Å². The first-order valence-electron chi connectivity index (χ1n) is 8.53. The molecule has 3 rings (SSSR count). The maximum absolute atomic E-state index is 12.4. The normalized spacial score (nSPS) is 10.8. The molecule has 26 heavy (non-hydrogen) atoms. The molecule has 1 heterocycles. The number of hydrogen-bond acceptors (Lipinski definition) is 4. The minimum atomic E-state index is -0.179. The van der Waals surface area contributed by atoms with Crippen LogP contribution in [0.2, 0.25) is 0 Å². The highest BCUT2D eigenvalue weighted by atomic mass is 32.1. The van der Waals surface area contributed by atoms with Crippen molar-refractivity contribution in [3.63, 3.8) is 0 Å². The van der Waals surface area contributed by atoms with Crippen molar-refractivity contribution in [1.82, 2.24) is 4.98 Å². The summed E-state index contributed by atoms with van der Waals surface area (Å²) < 4.78 is 5.60. The number of thiazole rings is 1. The fourth-order valence-corrected chi connectivity index (χ4v) is 3.21. The average Bonchev–Trinajstić information content (AvgIpc) is 3.06. The van der Waals surface area contributed by atoms with Crippen molar-refractivity contribution in [2.45, 2.75) is 33.8 Å². The summed E-state index contributed by atoms with van der Waals surface area (Å²) in [6.07, 6.45) is 0.105. The molecule has 1 aromatic heterocycles. The lowest BCUT2D eigenvalue weighted by atomic mass is 10.1. The van der Waals surface area contributed by atoms with Crippen molar-refractivity contribution in [3.8, 4) is 17.0 Å². The van der Waals surface area contributed by atoms with Gasteiger partial charge in [-0.25, -0.2) is 4.98 Å². The van der Waals surface area contributed by atoms with Gasteiger partial charge < -0.3 is 4.74 Å². The first-order valence-corrected chi connectivity index (χ1v) is 9.41. The molecular formula is C21H22N2O2S. The summed E-state index contributed by atoms with van der Waals surface area (Å²) in [7, 11) is 0. The topological polar surface area (TPSA) is 51.2 Å². The van der Waals surface area contributed by atoms with Crippen LogP contribution in [0.25, 0.3) is 11.3 Å². The molecule has 3 aromatic rings. The molecule has 5 heteroatoms. The number of benzene rings is 2. The van der Waals surface area contributed by atoms with Crippen molar-refractivity contribution in [2.24, 2.45) is 0 Å². The highest BCUT2D eigenvalue weighted by Crippen LogP contribution is 2.27. The smallest absolute Gasteiger partial charge is 0.257 e. The monoisotopic (exact) mass is 366 g/mol. The van der Waals surface area contributed by atoms with Crippen LogP contribution in [0.15, 0.2) is 47.8 Å². The van der Waals surface area contributed by atoms with Crippen LogP contribution in [0.5, 0.6) is 5.75 Å². The summed E-state index contributed by atoms with van der Waals surface area (Å²) in [6.45, 7) is 8.11. The highest BCUT2D eigenvalue weighted by molar-refractivity contribution is 7.14. The van der Waals surface area contributed by atoms with Crippen molar-refractivity contribution in [3.05, 3.63) is 64.5 Å². The summed E-state index contributed by atoms with van der Waals surface area (Å²) in [6, 6.07) is 13.4. The molecule has 0 fully saturated rings. The number of carbonyl (C=O) groups excluding carboxylic acids is 1. The van der Waals surface area contributed by atoms with Gasteiger partial charge in [0, 0.05) is 16.5 Å². The van der Waals surface area contributed by atoms with Crippen LogP contribution in [0.3, 0.4) is 0 Å². The fraction of sp³-hybridized carbons (Fsp3) is 0.238. The Morgan fingerprint density at radius 1 is 1.08 bits per heavy atom. The second-order valence-corrected chi connectivity index (χ2v) is 7.34. The van der Waals surface area contributed by atoms with Crippen LogP contribution in [0.4, 0.5) is 5.13 Å². The number of carbonyl (C=O) groups is 1. The van der Waals surface area contributed by atoms with E-state index < -0.39 is 0 Å². The van der Waals surface area contributed by atoms with Gasteiger partial charge in [-0.15, -0.1) is 11.3 Å². The fourth-order valence-electron chi connectivity index (χ4n) is 2.49. The second-order valence-electron chi connectivity index (χ2n) is 6.48. The number of hydrogen-bond donors (Lipinski definition) is 1. The quantitative estimate of drug-likeness (QED) is 0.652. The Labute approximate surface area is 157 Å². The van der Waals surface area contributed by atoms with Crippen LogP contribution < -0.4 is 10.1 Å². The Morgan fingerprint density at radius 2 is 1.81 bits per heavy atom. The molecule has 0 spiro atoms. The number of anilines is 1. The van der Waals surface area contributed by atoms with Gasteiger partial charge in [0.1, 0.15) is 5.75 Å². The van der Waals surface area contributed by atoms with Gasteiger partial charge in [0.25, 0.3) is 5.91 Å². The molecular weight excluding hydrogens is 344 g/mol. The summed E-state index contributed by atoms with van der Waals surface area (Å²) in [5.41, 5.74) is 4.98. The Hall–Kier alpha value is -2.66. The number of aromatic nitrogens is 1. The molecule has 1 amide bonds. The first kappa shape index (κ1) is 18.1. The van der Waals surface area contributed by atoms with Gasteiger partial charge in [0.2, 0.25) is 0 Å². The van der Waals surface area contributed by atoms with E-state index in [-0.39, 0.29) is 12.0 Å². The number of nitrogens with zero attached hydrogens (tertiary/aromatic N) is 1. The van der Waals surface area contributed by atoms with Gasteiger partial charge in [0.15, 0.2) is 5.13 Å². The van der Waals surface area contributed by atoms with Crippen molar-refractivity contribution < 1.29 is 9.53 Å². The summed E-state index contributed by atoms with van der Waals surface area (Å²) in [5.74, 6) is 0.574. The number of nitrogens with one attached hydrogen (secondary N) is 1. The highest BCUT2D eigenvalue weighted by Gasteiger charge is 2.11. The van der Waals surface area contributed by atoms with Crippen molar-refractivity contribution in [1.29, 1.82) is 0 Å². The van der Waals surface area contributed by atoms with E-state index in [9.17, 15) is 4.79 Å². The molecule has 0 aliphatic rings. The molecule has 1 N–H and O–H groups in total. The lowest BCUT2D eigenvalue weighted by molar-refractivity contribution is 0.102. The minimum absolute atomic E-state index is 0.105. The number of rotatable bonds is 5. The zero-order chi connectivity index (χ0) is 18.7. The number of amides is 1. The molecule has 0 saturated carbocycles. The third-order valence-corrected chi connectivity index (χ3v) is 4.77. The molecule has 0 bridgehead atoms. The van der Waals surface area contributed by atoms with Gasteiger partial charge in [0.05, 0.1) is 11.8 Å².